The Morgan fingerprint density at radius 3 is 1.38 bits per heavy atom. The van der Waals surface area contributed by atoms with E-state index in [1.165, 1.54) is 0 Å². The third-order valence-electron chi connectivity index (χ3n) is 6.01. The highest BCUT2D eigenvalue weighted by Gasteiger charge is 2.03. The molecule has 0 radical (unpaired) electrons. The third kappa shape index (κ3) is 9.07. The second-order valence-electron chi connectivity index (χ2n) is 9.20. The Kier molecular flexibility index (Phi) is 11.3. The molecule has 42 heavy (non-hydrogen) atoms. The number of benzene rings is 2. The molecule has 2 aromatic carbocycles. The van der Waals surface area contributed by atoms with Gasteiger partial charge in [-0.2, -0.15) is 5.26 Å². The molecule has 2 aromatic heterocycles. The molecule has 0 amide bonds. The highest BCUT2D eigenvalue weighted by molar-refractivity contribution is 7.13. The van der Waals surface area contributed by atoms with Crippen LogP contribution >= 0.6 is 22.7 Å². The van der Waals surface area contributed by atoms with Gasteiger partial charge in [-0.25, -0.2) is 0 Å². The van der Waals surface area contributed by atoms with E-state index in [0.29, 0.717) is 5.56 Å². The molecular weight excluding hydrogens is 551 g/mol. The molecule has 4 aromatic rings. The fourth-order valence-corrected chi connectivity index (χ4v) is 5.29. The van der Waals surface area contributed by atoms with Crippen molar-refractivity contribution < 1.29 is 4.74 Å². The van der Waals surface area contributed by atoms with Gasteiger partial charge in [0.15, 0.2) is 0 Å². The van der Waals surface area contributed by atoms with E-state index in [2.05, 4.69) is 67.3 Å². The van der Waals surface area contributed by atoms with Crippen LogP contribution in [0.25, 0.3) is 0 Å². The minimum atomic E-state index is 0.632. The molecule has 0 spiro atoms. The maximum atomic E-state index is 8.96. The number of allylic oxidation sites excluding steroid dienone is 2. The maximum absolute atomic E-state index is 8.96. The number of hydrogen-bond acceptors (Lipinski definition) is 4. The standard InChI is InChI=1S/C38H29NOS2/c1-4-6-32(16-22-37-26-24-35(41-37)20-14-29-8-10-31(28-39)11-9-29)33(7-5-2)17-23-38-27-25-36(42-38)21-15-30-12-18-34(40-3)19-13-30/h8-13,18-19,24-27H,4-7H2,1-3H3/b33-32+. The van der Waals surface area contributed by atoms with E-state index >= 15 is 0 Å². The van der Waals surface area contributed by atoms with Crippen LogP contribution in [0, 0.1) is 58.7 Å². The zero-order valence-corrected chi connectivity index (χ0v) is 25.6. The van der Waals surface area contributed by atoms with Gasteiger partial charge in [0.2, 0.25) is 0 Å². The number of hydrogen-bond donors (Lipinski definition) is 0. The highest BCUT2D eigenvalue weighted by Crippen LogP contribution is 2.20. The van der Waals surface area contributed by atoms with E-state index < -0.39 is 0 Å². The predicted molar refractivity (Wildman–Crippen MR) is 175 cm³/mol. The number of nitrogens with zero attached hydrogens (tertiary/aromatic N) is 1. The first-order valence-electron chi connectivity index (χ1n) is 13.7. The summed E-state index contributed by atoms with van der Waals surface area (Å²) >= 11 is 3.19. The molecule has 4 heteroatoms. The molecule has 0 unspecified atom stereocenters. The SMILES string of the molecule is CCC/C(C#Cc1ccc(C#Cc2ccc(C#N)cc2)s1)=C(\C#Cc1ccc(C#Cc2ccc(OC)cc2)s1)CCC. The van der Waals surface area contributed by atoms with E-state index in [0.717, 1.165) is 73.2 Å². The van der Waals surface area contributed by atoms with Crippen molar-refractivity contribution in [3.63, 3.8) is 0 Å². The van der Waals surface area contributed by atoms with Crippen molar-refractivity contribution in [3.8, 4) is 59.2 Å². The quantitative estimate of drug-likeness (QED) is 0.221. The molecule has 0 aliphatic rings. The van der Waals surface area contributed by atoms with E-state index in [4.69, 9.17) is 10.00 Å². The first kappa shape index (κ1) is 30.1. The van der Waals surface area contributed by atoms with Crippen LogP contribution in [0.4, 0.5) is 0 Å². The van der Waals surface area contributed by atoms with Crippen molar-refractivity contribution >= 4 is 22.7 Å². The van der Waals surface area contributed by atoms with Crippen LogP contribution in [0.3, 0.4) is 0 Å². The average Bonchev–Trinajstić information content (AvgIpc) is 3.69. The number of ether oxygens (including phenoxy) is 1. The summed E-state index contributed by atoms with van der Waals surface area (Å²) in [6.07, 6.45) is 3.82. The van der Waals surface area contributed by atoms with Crippen molar-refractivity contribution in [2.45, 2.75) is 39.5 Å². The van der Waals surface area contributed by atoms with Gasteiger partial charge in [-0.15, -0.1) is 22.7 Å². The molecule has 0 bridgehead atoms. The predicted octanol–water partition coefficient (Wildman–Crippen LogP) is 8.79. The van der Waals surface area contributed by atoms with Crippen molar-refractivity contribution in [2.75, 3.05) is 7.11 Å². The zero-order chi connectivity index (χ0) is 29.6. The molecule has 0 fully saturated rings. The molecule has 2 nitrogen and oxygen atoms in total. The van der Waals surface area contributed by atoms with E-state index in [1.807, 2.05) is 60.7 Å². The lowest BCUT2D eigenvalue weighted by Gasteiger charge is -2.03. The smallest absolute Gasteiger partial charge is 0.118 e. The Bertz CT molecular complexity index is 1850. The van der Waals surface area contributed by atoms with Crippen LogP contribution in [0.2, 0.25) is 0 Å². The Labute approximate surface area is 257 Å². The first-order valence-corrected chi connectivity index (χ1v) is 15.4. The molecule has 0 aliphatic heterocycles. The lowest BCUT2D eigenvalue weighted by Crippen LogP contribution is -1.89. The van der Waals surface area contributed by atoms with E-state index in [9.17, 15) is 0 Å². The summed E-state index contributed by atoms with van der Waals surface area (Å²) in [6, 6.07) is 25.3. The molecule has 0 saturated carbocycles. The second-order valence-corrected chi connectivity index (χ2v) is 11.4. The maximum Gasteiger partial charge on any atom is 0.118 e. The lowest BCUT2D eigenvalue weighted by atomic mass is 10.0. The second kappa shape index (κ2) is 15.8. The molecule has 0 saturated heterocycles. The van der Waals surface area contributed by atoms with Crippen LogP contribution < -0.4 is 4.74 Å². The Morgan fingerprint density at radius 2 is 0.976 bits per heavy atom. The van der Waals surface area contributed by atoms with Crippen molar-refractivity contribution in [1.29, 1.82) is 5.26 Å². The largest absolute Gasteiger partial charge is 0.497 e. The summed E-state index contributed by atoms with van der Waals surface area (Å²) in [4.78, 5) is 3.92. The summed E-state index contributed by atoms with van der Waals surface area (Å²) in [7, 11) is 1.66. The summed E-state index contributed by atoms with van der Waals surface area (Å²) in [5.41, 5.74) is 4.69. The Balaban J connectivity index is 1.51. The van der Waals surface area contributed by atoms with Gasteiger partial charge in [-0.1, -0.05) is 74.1 Å². The first-order chi connectivity index (χ1) is 20.6. The van der Waals surface area contributed by atoms with E-state index in [-0.39, 0.29) is 0 Å². The van der Waals surface area contributed by atoms with Crippen molar-refractivity contribution in [3.05, 3.63) is 120 Å². The van der Waals surface area contributed by atoms with Crippen LogP contribution in [0.15, 0.2) is 83.9 Å². The summed E-state index contributed by atoms with van der Waals surface area (Å²) in [6.45, 7) is 4.35. The normalized spacial score (nSPS) is 10.2. The number of methoxy groups -OCH3 is 1. The molecular formula is C38H29NOS2. The lowest BCUT2D eigenvalue weighted by molar-refractivity contribution is 0.415. The van der Waals surface area contributed by atoms with Gasteiger partial charge >= 0.3 is 0 Å². The van der Waals surface area contributed by atoms with Crippen LogP contribution in [-0.2, 0) is 0 Å². The highest BCUT2D eigenvalue weighted by atomic mass is 32.1. The molecule has 0 aliphatic carbocycles. The number of rotatable bonds is 5. The van der Waals surface area contributed by atoms with Gasteiger partial charge in [0.1, 0.15) is 5.75 Å². The van der Waals surface area contributed by atoms with Crippen molar-refractivity contribution in [2.24, 2.45) is 0 Å². The van der Waals surface area contributed by atoms with Gasteiger partial charge in [0, 0.05) is 22.3 Å². The minimum Gasteiger partial charge on any atom is -0.497 e. The summed E-state index contributed by atoms with van der Waals surface area (Å²) < 4.78 is 5.21. The van der Waals surface area contributed by atoms with Gasteiger partial charge in [0.25, 0.3) is 0 Å². The monoisotopic (exact) mass is 579 g/mol. The topological polar surface area (TPSA) is 33.0 Å². The molecule has 204 valence electrons. The van der Waals surface area contributed by atoms with Gasteiger partial charge in [0.05, 0.1) is 38.3 Å². The van der Waals surface area contributed by atoms with Crippen LogP contribution in [0.5, 0.6) is 5.75 Å². The Hall–Kier alpha value is -4.89. The Morgan fingerprint density at radius 1 is 0.571 bits per heavy atom. The fraction of sp³-hybridized carbons (Fsp3) is 0.184. The third-order valence-corrected chi connectivity index (χ3v) is 7.85. The fourth-order valence-electron chi connectivity index (χ4n) is 3.87. The summed E-state index contributed by atoms with van der Waals surface area (Å²) in [5.74, 6) is 27.3. The van der Waals surface area contributed by atoms with E-state index in [1.54, 1.807) is 41.9 Å². The van der Waals surface area contributed by atoms with Crippen molar-refractivity contribution in [1.82, 2.24) is 0 Å². The number of thiophene rings is 2. The average molecular weight is 580 g/mol. The molecule has 0 atom stereocenters. The zero-order valence-electron chi connectivity index (χ0n) is 23.9. The number of nitriles is 1. The molecule has 2 heterocycles. The van der Waals surface area contributed by atoms with Gasteiger partial charge in [-0.3, -0.25) is 0 Å². The van der Waals surface area contributed by atoms with Gasteiger partial charge < -0.3 is 4.74 Å². The van der Waals surface area contributed by atoms with Gasteiger partial charge in [-0.05, 0) is 85.6 Å². The minimum absolute atomic E-state index is 0.632. The van der Waals surface area contributed by atoms with Crippen LogP contribution in [-0.4, -0.2) is 7.11 Å². The molecule has 0 N–H and O–H groups in total. The van der Waals surface area contributed by atoms with Crippen LogP contribution in [0.1, 0.15) is 75.7 Å². The molecule has 4 rings (SSSR count). The summed E-state index contributed by atoms with van der Waals surface area (Å²) in [5, 5.41) is 8.96.